The molecule has 23 nitrogen and oxygen atoms in total. The summed E-state index contributed by atoms with van der Waals surface area (Å²) in [5, 5.41) is 57.8. The molecule has 123 heavy (non-hydrogen) atoms. The van der Waals surface area contributed by atoms with E-state index >= 15 is 0 Å². The third kappa shape index (κ3) is 24.2. The van der Waals surface area contributed by atoms with Crippen molar-refractivity contribution in [2.24, 2.45) is 29.2 Å². The Kier molecular flexibility index (Phi) is 29.3. The van der Waals surface area contributed by atoms with Crippen molar-refractivity contribution in [2.75, 3.05) is 35.6 Å². The van der Waals surface area contributed by atoms with E-state index in [1.54, 1.807) is 44.4 Å². The van der Waals surface area contributed by atoms with E-state index in [2.05, 4.69) is 76.8 Å². The minimum atomic E-state index is -0.588. The maximum atomic E-state index is 13.8. The lowest BCUT2D eigenvalue weighted by Gasteiger charge is -2.23. The Morgan fingerprint density at radius 2 is 0.756 bits per heavy atom. The van der Waals surface area contributed by atoms with E-state index in [0.717, 1.165) is 104 Å². The second-order valence-corrected chi connectivity index (χ2v) is 32.5. The van der Waals surface area contributed by atoms with Crippen LogP contribution in [-0.4, -0.2) is 88.6 Å². The van der Waals surface area contributed by atoms with E-state index in [-0.39, 0.29) is 66.3 Å². The van der Waals surface area contributed by atoms with Gasteiger partial charge in [0.1, 0.15) is 46.5 Å². The first-order valence-corrected chi connectivity index (χ1v) is 41.7. The zero-order valence-electron chi connectivity index (χ0n) is 70.2. The molecule has 4 amide bonds. The van der Waals surface area contributed by atoms with Gasteiger partial charge in [-0.15, -0.1) is 12.4 Å². The Balaban J connectivity index is 0.000000161. The lowest BCUT2D eigenvalue weighted by molar-refractivity contribution is 0.0523. The number of para-hydroxylation sites is 3. The third-order valence-corrected chi connectivity index (χ3v) is 21.3. The largest absolute Gasteiger partial charge is 0.508 e. The SMILES string of the molecule is Cc1cc(C(=O)Nc2cccc(C(NCC3CC3)c3ccccc3O)c2)n(-c2cccc(CN)c2)n1.Cc1cc(C(=O)Nc2cccc(C(NCC3CC3)c3ccccc3O)c2)n(-c2cccc(CN)c2)n1.Cc1cc(C(=O)Nc2cccc(C(NCC3CC3)c3ccccc3OCc3ccccc3)c2)n(-c2cccc(CNC(=O)OC(C)(C)C)c2)n1.Cl. The Labute approximate surface area is 724 Å². The van der Waals surface area contributed by atoms with Crippen molar-refractivity contribution < 1.29 is 38.9 Å². The van der Waals surface area contributed by atoms with Crippen molar-refractivity contribution in [3.63, 3.8) is 0 Å². The number of ether oxygens (including phenoxy) is 2. The molecular weight excluding hydrogens is 1560 g/mol. The van der Waals surface area contributed by atoms with Crippen LogP contribution >= 0.6 is 12.4 Å². The zero-order chi connectivity index (χ0) is 85.2. The van der Waals surface area contributed by atoms with Crippen LogP contribution in [0.3, 0.4) is 0 Å². The molecule has 13 aromatic rings. The number of carbonyl (C=O) groups excluding carboxylic acids is 4. The van der Waals surface area contributed by atoms with Gasteiger partial charge in [0.15, 0.2) is 0 Å². The maximum absolute atomic E-state index is 13.8. The molecule has 634 valence electrons. The van der Waals surface area contributed by atoms with E-state index in [0.29, 0.717) is 83.0 Å². The van der Waals surface area contributed by atoms with E-state index < -0.39 is 11.7 Å². The molecule has 3 saturated carbocycles. The summed E-state index contributed by atoms with van der Waals surface area (Å²) in [4.78, 5) is 52.7. The first kappa shape index (κ1) is 87.8. The quantitative estimate of drug-likeness (QED) is 0.0192. The van der Waals surface area contributed by atoms with Gasteiger partial charge in [0.05, 0.1) is 52.3 Å². The minimum absolute atomic E-state index is 0. The predicted molar refractivity (Wildman–Crippen MR) is 485 cm³/mol. The number of aromatic nitrogens is 6. The molecule has 13 N–H and O–H groups in total. The van der Waals surface area contributed by atoms with Gasteiger partial charge in [-0.25, -0.2) is 18.8 Å². The molecule has 3 heterocycles. The van der Waals surface area contributed by atoms with Crippen molar-refractivity contribution in [1.82, 2.24) is 50.6 Å². The summed E-state index contributed by atoms with van der Waals surface area (Å²) >= 11 is 0. The summed E-state index contributed by atoms with van der Waals surface area (Å²) in [6, 6.07) is 84.3. The molecule has 24 heteroatoms. The molecule has 3 aromatic heterocycles. The van der Waals surface area contributed by atoms with E-state index in [1.807, 2.05) is 254 Å². The molecule has 3 aliphatic rings. The van der Waals surface area contributed by atoms with Crippen LogP contribution in [0.1, 0.15) is 182 Å². The number of halogens is 1. The lowest BCUT2D eigenvalue weighted by atomic mass is 9.97. The summed E-state index contributed by atoms with van der Waals surface area (Å²) in [7, 11) is 0. The van der Waals surface area contributed by atoms with Gasteiger partial charge in [0.2, 0.25) is 0 Å². The number of hydrogen-bond acceptors (Lipinski definition) is 16. The second kappa shape index (κ2) is 41.0. The second-order valence-electron chi connectivity index (χ2n) is 32.5. The number of aromatic hydroxyl groups is 2. The fourth-order valence-electron chi connectivity index (χ4n) is 14.6. The standard InChI is InChI=1S/C41H45N5O4.2C29H31N5O2.ClH/c1-28-22-36(46(45-28)34-17-10-14-31(23-34)26-43-40(48)50-41(2,3)4)39(47)44-33-16-11-15-32(24-33)38(42-25-29-20-21-29)35-18-8-9-19-37(35)49-27-30-12-6-5-7-13-30;2*1-19-14-26(34(33-19)24-9-4-6-21(15-24)17-30)29(36)32-23-8-5-7-22(16-23)28(31-18-20-12-13-20)25-10-2-3-11-27(25)35;/h5-19,22-24,29,38,42H,20-21,25-27H2,1-4H3,(H,43,48)(H,44,47);2*2-11,14-16,20,28,31,35H,12-13,17-18,30H2,1H3,(H,32,36);1H. The predicted octanol–water partition coefficient (Wildman–Crippen LogP) is 17.9. The molecule has 0 aliphatic heterocycles. The van der Waals surface area contributed by atoms with Gasteiger partial charge in [-0.2, -0.15) is 15.3 Å². The van der Waals surface area contributed by atoms with Gasteiger partial charge in [0, 0.05) is 53.4 Å². The smallest absolute Gasteiger partial charge is 0.407 e. The van der Waals surface area contributed by atoms with Gasteiger partial charge in [-0.1, -0.05) is 158 Å². The maximum Gasteiger partial charge on any atom is 0.407 e. The summed E-state index contributed by atoms with van der Waals surface area (Å²) in [6.45, 7) is 15.3. The van der Waals surface area contributed by atoms with Crippen LogP contribution in [0.2, 0.25) is 0 Å². The number of aryl methyl sites for hydroxylation is 3. The number of phenolic OH excluding ortho intramolecular Hbond substituents is 2. The van der Waals surface area contributed by atoms with Crippen molar-refractivity contribution in [2.45, 2.75) is 130 Å². The number of nitrogens with zero attached hydrogens (tertiary/aromatic N) is 6. The fraction of sp³-hybridized carbons (Fsp3) is 0.263. The van der Waals surface area contributed by atoms with E-state index in [4.69, 9.17) is 20.9 Å². The van der Waals surface area contributed by atoms with Gasteiger partial charge in [-0.3, -0.25) is 14.4 Å². The van der Waals surface area contributed by atoms with Crippen LogP contribution in [0.4, 0.5) is 21.9 Å². The van der Waals surface area contributed by atoms with Crippen molar-refractivity contribution in [3.8, 4) is 34.3 Å². The molecule has 0 saturated heterocycles. The Hall–Kier alpha value is -13.0. The lowest BCUT2D eigenvalue weighted by Crippen LogP contribution is -2.32. The normalized spacial score (nSPS) is 13.6. The first-order chi connectivity index (χ1) is 59.1. The number of hydrogen-bond donors (Lipinski definition) is 11. The molecule has 10 aromatic carbocycles. The van der Waals surface area contributed by atoms with Gasteiger partial charge in [-0.05, 0) is 266 Å². The topological polar surface area (TPSA) is 317 Å². The summed E-state index contributed by atoms with van der Waals surface area (Å²) in [5.41, 5.74) is 28.3. The van der Waals surface area contributed by atoms with Crippen LogP contribution in [0.25, 0.3) is 17.1 Å². The highest BCUT2D eigenvalue weighted by molar-refractivity contribution is 6.05. The van der Waals surface area contributed by atoms with E-state index in [1.165, 1.54) is 38.5 Å². The molecule has 3 unspecified atom stereocenters. The molecule has 0 spiro atoms. The van der Waals surface area contributed by atoms with Crippen LogP contribution in [0.5, 0.6) is 17.2 Å². The number of amides is 4. The molecule has 0 radical (unpaired) electrons. The number of rotatable bonds is 31. The minimum Gasteiger partial charge on any atom is -0.508 e. The molecule has 16 rings (SSSR count). The van der Waals surface area contributed by atoms with Crippen LogP contribution < -0.4 is 53.4 Å². The Bertz CT molecular complexity index is 5580. The summed E-state index contributed by atoms with van der Waals surface area (Å²) in [6.07, 6.45) is 6.91. The highest BCUT2D eigenvalue weighted by Gasteiger charge is 2.30. The van der Waals surface area contributed by atoms with Crippen molar-refractivity contribution >= 4 is 53.3 Å². The molecule has 3 atom stereocenters. The van der Waals surface area contributed by atoms with Crippen molar-refractivity contribution in [1.29, 1.82) is 0 Å². The molecule has 3 aliphatic carbocycles. The summed E-state index contributed by atoms with van der Waals surface area (Å²) < 4.78 is 16.7. The highest BCUT2D eigenvalue weighted by Crippen LogP contribution is 2.39. The molecule has 0 bridgehead atoms. The number of benzene rings is 10. The average Bonchev–Trinajstić information content (AvgIpc) is 1.82. The van der Waals surface area contributed by atoms with Gasteiger partial charge < -0.3 is 68.4 Å². The van der Waals surface area contributed by atoms with E-state index in [9.17, 15) is 29.4 Å². The number of carbonyl (C=O) groups is 4. The number of anilines is 3. The van der Waals surface area contributed by atoms with Gasteiger partial charge >= 0.3 is 6.09 Å². The van der Waals surface area contributed by atoms with Crippen LogP contribution in [-0.2, 0) is 31.0 Å². The zero-order valence-corrected chi connectivity index (χ0v) is 71.0. The Morgan fingerprint density at radius 1 is 0.415 bits per heavy atom. The molecular formula is C99H108ClN15O8. The van der Waals surface area contributed by atoms with Crippen molar-refractivity contribution in [3.05, 3.63) is 357 Å². The van der Waals surface area contributed by atoms with Crippen LogP contribution in [0.15, 0.2) is 267 Å². The third-order valence-electron chi connectivity index (χ3n) is 21.3. The number of nitrogens with one attached hydrogen (secondary N) is 7. The average molecular weight is 1670 g/mol. The first-order valence-electron chi connectivity index (χ1n) is 41.7. The summed E-state index contributed by atoms with van der Waals surface area (Å²) in [5.74, 6) is 2.57. The monoisotopic (exact) mass is 1670 g/mol. The Morgan fingerprint density at radius 3 is 1.14 bits per heavy atom. The number of alkyl carbamates (subject to hydrolysis) is 1. The van der Waals surface area contributed by atoms with Gasteiger partial charge in [0.25, 0.3) is 17.7 Å². The number of nitrogens with two attached hydrogens (primary N) is 2. The van der Waals surface area contributed by atoms with Crippen LogP contribution in [0, 0.1) is 38.5 Å². The number of phenols is 2. The highest BCUT2D eigenvalue weighted by atomic mass is 35.5. The molecule has 3 fully saturated rings. The fourth-order valence-corrected chi connectivity index (χ4v) is 14.6.